The number of ether oxygens (including phenoxy) is 1. The van der Waals surface area contributed by atoms with Gasteiger partial charge in [-0.05, 0) is 49.2 Å². The van der Waals surface area contributed by atoms with E-state index >= 15 is 0 Å². The smallest absolute Gasteiger partial charge is 0.309 e. The largest absolute Gasteiger partial charge is 0.466 e. The third-order valence-corrected chi connectivity index (χ3v) is 4.44. The van der Waals surface area contributed by atoms with Crippen LogP contribution in [0.15, 0.2) is 30.5 Å². The predicted molar refractivity (Wildman–Crippen MR) is 99.4 cm³/mol. The Morgan fingerprint density at radius 1 is 1.41 bits per heavy atom. The number of benzene rings is 1. The molecule has 1 aromatic carbocycles. The molecule has 2 N–H and O–H groups in total. The van der Waals surface area contributed by atoms with Crippen LogP contribution >= 0.6 is 0 Å². The van der Waals surface area contributed by atoms with Gasteiger partial charge in [0.25, 0.3) is 0 Å². The molecule has 1 aromatic heterocycles. The first-order chi connectivity index (χ1) is 13.2. The first-order valence-electron chi connectivity index (χ1n) is 8.83. The molecule has 0 saturated carbocycles. The second kappa shape index (κ2) is 8.80. The van der Waals surface area contributed by atoms with Gasteiger partial charge >= 0.3 is 5.97 Å². The summed E-state index contributed by atoms with van der Waals surface area (Å²) >= 11 is 0. The van der Waals surface area contributed by atoms with Gasteiger partial charge in [-0.3, -0.25) is 4.79 Å². The fraction of sp³-hybridized carbons (Fsp3) is 0.389. The van der Waals surface area contributed by atoms with Gasteiger partial charge in [-0.25, -0.2) is 0 Å². The quantitative estimate of drug-likeness (QED) is 0.587. The summed E-state index contributed by atoms with van der Waals surface area (Å²) in [4.78, 5) is 14.1. The summed E-state index contributed by atoms with van der Waals surface area (Å²) in [6, 6.07) is 9.94. The highest BCUT2D eigenvalue weighted by Crippen LogP contribution is 2.25. The van der Waals surface area contributed by atoms with Crippen LogP contribution in [-0.2, 0) is 9.53 Å². The van der Waals surface area contributed by atoms with Gasteiger partial charge in [0, 0.05) is 30.7 Å². The summed E-state index contributed by atoms with van der Waals surface area (Å²) in [5.74, 6) is 0.159. The summed E-state index contributed by atoms with van der Waals surface area (Å²) in [7, 11) is 0. The van der Waals surface area contributed by atoms with E-state index < -0.39 is 0 Å². The molecule has 1 aliphatic rings. The van der Waals surface area contributed by atoms with Crippen LogP contribution in [0.4, 0.5) is 11.4 Å². The maximum atomic E-state index is 11.8. The number of carbonyl (C=O) groups is 1. The van der Waals surface area contributed by atoms with Crippen molar-refractivity contribution in [1.29, 1.82) is 5.26 Å². The maximum Gasteiger partial charge on any atom is 0.309 e. The lowest BCUT2D eigenvalue weighted by Crippen LogP contribution is -2.36. The number of nitrogens with zero attached hydrogens (tertiary/aromatic N) is 5. The third-order valence-electron chi connectivity index (χ3n) is 4.44. The van der Waals surface area contributed by atoms with Crippen LogP contribution < -0.4 is 10.2 Å². The van der Waals surface area contributed by atoms with E-state index in [1.54, 1.807) is 6.20 Å². The Labute approximate surface area is 157 Å². The number of piperidine rings is 1. The first kappa shape index (κ1) is 18.4. The van der Waals surface area contributed by atoms with Gasteiger partial charge in [0.2, 0.25) is 5.82 Å². The van der Waals surface area contributed by atoms with Crippen molar-refractivity contribution < 1.29 is 9.53 Å². The highest BCUT2D eigenvalue weighted by atomic mass is 16.5. The average molecular weight is 367 g/mol. The minimum absolute atomic E-state index is 0.00169. The van der Waals surface area contributed by atoms with Crippen molar-refractivity contribution in [3.63, 3.8) is 0 Å². The molecule has 9 heteroatoms. The van der Waals surface area contributed by atoms with Gasteiger partial charge in [0.1, 0.15) is 11.6 Å². The monoisotopic (exact) mass is 367 g/mol. The minimum Gasteiger partial charge on any atom is -0.466 e. The number of tetrazole rings is 1. The molecule has 0 spiro atoms. The van der Waals surface area contributed by atoms with Crippen molar-refractivity contribution >= 4 is 22.9 Å². The molecular formula is C18H21N7O2. The van der Waals surface area contributed by atoms with Gasteiger partial charge in [-0.15, -0.1) is 10.2 Å². The highest BCUT2D eigenvalue weighted by Gasteiger charge is 2.25. The van der Waals surface area contributed by atoms with Gasteiger partial charge in [-0.2, -0.15) is 10.5 Å². The Morgan fingerprint density at radius 2 is 2.15 bits per heavy atom. The van der Waals surface area contributed by atoms with E-state index in [2.05, 4.69) is 30.8 Å². The third kappa shape index (κ3) is 4.61. The van der Waals surface area contributed by atoms with E-state index in [1.807, 2.05) is 37.3 Å². The first-order valence-corrected chi connectivity index (χ1v) is 8.83. The molecule has 0 aliphatic carbocycles. The number of aromatic amines is 1. The number of aromatic nitrogens is 4. The highest BCUT2D eigenvalue weighted by molar-refractivity contribution is 5.74. The second-order valence-corrected chi connectivity index (χ2v) is 6.11. The fourth-order valence-electron chi connectivity index (χ4n) is 2.98. The number of nitriles is 1. The lowest BCUT2D eigenvalue weighted by atomic mass is 9.96. The molecule has 2 heterocycles. The topological polar surface area (TPSA) is 120 Å². The molecule has 1 aliphatic heterocycles. The minimum atomic E-state index is -0.0848. The average Bonchev–Trinajstić information content (AvgIpc) is 3.24. The molecule has 27 heavy (non-hydrogen) atoms. The Morgan fingerprint density at radius 3 is 2.74 bits per heavy atom. The Kier molecular flexibility index (Phi) is 5.99. The normalized spacial score (nSPS) is 15.3. The van der Waals surface area contributed by atoms with E-state index in [0.717, 1.165) is 37.3 Å². The molecule has 1 saturated heterocycles. The van der Waals surface area contributed by atoms with Crippen LogP contribution in [0.5, 0.6) is 0 Å². The Bertz CT molecular complexity index is 816. The van der Waals surface area contributed by atoms with E-state index in [0.29, 0.717) is 6.61 Å². The fourth-order valence-corrected chi connectivity index (χ4v) is 2.98. The van der Waals surface area contributed by atoms with Gasteiger partial charge < -0.3 is 15.0 Å². The van der Waals surface area contributed by atoms with Gasteiger partial charge in [-0.1, -0.05) is 0 Å². The van der Waals surface area contributed by atoms with Crippen molar-refractivity contribution in [1.82, 2.24) is 20.6 Å². The number of anilines is 2. The van der Waals surface area contributed by atoms with Crippen LogP contribution in [0.3, 0.4) is 0 Å². The van der Waals surface area contributed by atoms with Gasteiger partial charge in [0.05, 0.1) is 12.5 Å². The van der Waals surface area contributed by atoms with Gasteiger partial charge in [0.15, 0.2) is 0 Å². The van der Waals surface area contributed by atoms with Crippen LogP contribution in [0.1, 0.15) is 25.6 Å². The SMILES string of the molecule is CCOC(=O)C1CCN(c2ccc(NC=C(C#N)c3nn[nH]n3)cc2)CC1. The summed E-state index contributed by atoms with van der Waals surface area (Å²) < 4.78 is 5.11. The van der Waals surface area contributed by atoms with Crippen LogP contribution in [0, 0.1) is 17.2 Å². The molecule has 3 rings (SSSR count). The van der Waals surface area contributed by atoms with Crippen LogP contribution in [0.25, 0.3) is 5.57 Å². The van der Waals surface area contributed by atoms with E-state index in [1.165, 1.54) is 0 Å². The van der Waals surface area contributed by atoms with Crippen molar-refractivity contribution in [3.05, 3.63) is 36.3 Å². The standard InChI is InChI=1S/C18H21N7O2/c1-2-27-18(26)13-7-9-25(10-8-13)16-5-3-15(4-6-16)20-12-14(11-19)17-21-23-24-22-17/h3-6,12-13,20H,2,7-10H2,1H3,(H,21,22,23,24). The van der Waals surface area contributed by atoms with E-state index in [9.17, 15) is 4.79 Å². The molecule has 0 unspecified atom stereocenters. The van der Waals surface area contributed by atoms with Crippen molar-refractivity contribution in [2.75, 3.05) is 29.9 Å². The predicted octanol–water partition coefficient (Wildman–Crippen LogP) is 1.96. The van der Waals surface area contributed by atoms with Crippen LogP contribution in [-0.4, -0.2) is 46.3 Å². The molecule has 1 fully saturated rings. The lowest BCUT2D eigenvalue weighted by Gasteiger charge is -2.32. The van der Waals surface area contributed by atoms with Crippen LogP contribution in [0.2, 0.25) is 0 Å². The number of allylic oxidation sites excluding steroid dienone is 1. The Balaban J connectivity index is 1.57. The van der Waals surface area contributed by atoms with E-state index in [4.69, 9.17) is 10.00 Å². The number of hydrogen-bond donors (Lipinski definition) is 2. The summed E-state index contributed by atoms with van der Waals surface area (Å²) in [5, 5.41) is 25.6. The lowest BCUT2D eigenvalue weighted by molar-refractivity contribution is -0.148. The number of esters is 1. The number of rotatable bonds is 6. The summed E-state index contributed by atoms with van der Waals surface area (Å²) in [6.45, 7) is 3.92. The summed E-state index contributed by atoms with van der Waals surface area (Å²) in [6.07, 6.45) is 3.15. The zero-order valence-corrected chi connectivity index (χ0v) is 15.1. The zero-order chi connectivity index (χ0) is 19.1. The number of carbonyl (C=O) groups excluding carboxylic acids is 1. The van der Waals surface area contributed by atoms with Crippen molar-refractivity contribution in [2.24, 2.45) is 5.92 Å². The molecule has 2 aromatic rings. The Hall–Kier alpha value is -3.41. The molecule has 0 amide bonds. The van der Waals surface area contributed by atoms with Crippen molar-refractivity contribution in [3.8, 4) is 6.07 Å². The summed E-state index contributed by atoms with van der Waals surface area (Å²) in [5.41, 5.74) is 2.23. The number of nitrogens with one attached hydrogen (secondary N) is 2. The van der Waals surface area contributed by atoms with E-state index in [-0.39, 0.29) is 23.3 Å². The molecular weight excluding hydrogens is 346 g/mol. The zero-order valence-electron chi connectivity index (χ0n) is 15.1. The molecule has 0 atom stereocenters. The molecule has 140 valence electrons. The molecule has 0 radical (unpaired) electrons. The number of H-pyrrole nitrogens is 1. The maximum absolute atomic E-state index is 11.8. The second-order valence-electron chi connectivity index (χ2n) is 6.11. The van der Waals surface area contributed by atoms with Crippen molar-refractivity contribution in [2.45, 2.75) is 19.8 Å². The molecule has 9 nitrogen and oxygen atoms in total. The number of hydrogen-bond acceptors (Lipinski definition) is 8. The molecule has 0 bridgehead atoms.